The van der Waals surface area contributed by atoms with Gasteiger partial charge in [0, 0.05) is 11.4 Å². The fourth-order valence-corrected chi connectivity index (χ4v) is 2.20. The van der Waals surface area contributed by atoms with Crippen molar-refractivity contribution >= 4 is 22.9 Å². The van der Waals surface area contributed by atoms with Crippen LogP contribution >= 0.6 is 0 Å². The van der Waals surface area contributed by atoms with Crippen molar-refractivity contribution in [2.75, 3.05) is 17.2 Å². The highest BCUT2D eigenvalue weighted by molar-refractivity contribution is 5.99. The van der Waals surface area contributed by atoms with E-state index in [2.05, 4.69) is 10.6 Å². The molecule has 0 heterocycles. The molecule has 0 bridgehead atoms. The summed E-state index contributed by atoms with van der Waals surface area (Å²) >= 11 is 0. The Bertz CT molecular complexity index is 738. The van der Waals surface area contributed by atoms with E-state index in [-0.39, 0.29) is 0 Å². The Labute approximate surface area is 136 Å². The Hall–Kier alpha value is -3.07. The fourth-order valence-electron chi connectivity index (χ4n) is 2.20. The first kappa shape index (κ1) is 14.9. The van der Waals surface area contributed by atoms with Crippen LogP contribution in [0.25, 0.3) is 0 Å². The van der Waals surface area contributed by atoms with E-state index in [1.54, 1.807) is 0 Å². The maximum atomic E-state index is 4.71. The number of aliphatic imine (C=N–C) groups is 1. The number of anilines is 2. The maximum Gasteiger partial charge on any atom is 0.126 e. The van der Waals surface area contributed by atoms with Crippen LogP contribution in [0.4, 0.5) is 17.1 Å². The van der Waals surface area contributed by atoms with Crippen LogP contribution < -0.4 is 10.6 Å². The zero-order valence-electron chi connectivity index (χ0n) is 12.8. The van der Waals surface area contributed by atoms with Crippen LogP contribution in [-0.2, 0) is 0 Å². The van der Waals surface area contributed by atoms with Gasteiger partial charge in [0.25, 0.3) is 0 Å². The second-order valence-corrected chi connectivity index (χ2v) is 5.10. The van der Waals surface area contributed by atoms with Crippen LogP contribution in [0.3, 0.4) is 0 Å². The molecule has 0 saturated heterocycles. The molecule has 2 N–H and O–H groups in total. The number of hydrogen-bond acceptors (Lipinski definition) is 2. The zero-order valence-corrected chi connectivity index (χ0v) is 12.8. The molecule has 114 valence electrons. The van der Waals surface area contributed by atoms with Crippen molar-refractivity contribution in [2.24, 2.45) is 4.99 Å². The van der Waals surface area contributed by atoms with Crippen LogP contribution in [-0.4, -0.2) is 12.4 Å². The van der Waals surface area contributed by atoms with Gasteiger partial charge in [-0.15, -0.1) is 0 Å². The molecule has 0 unspecified atom stereocenters. The standard InChI is InChI=1S/C20H19N3/c1-4-10-17(11-5-1)21-16-20(22-18-12-6-2-7-13-18)23-19-14-8-3-9-15-19/h1-15,21H,16H2,(H,22,23). The summed E-state index contributed by atoms with van der Waals surface area (Å²) in [7, 11) is 0. The molecule has 0 aliphatic heterocycles. The number of para-hydroxylation sites is 3. The molecule has 3 nitrogen and oxygen atoms in total. The Morgan fingerprint density at radius 3 is 1.78 bits per heavy atom. The van der Waals surface area contributed by atoms with Crippen LogP contribution in [0.5, 0.6) is 0 Å². The molecule has 0 fully saturated rings. The van der Waals surface area contributed by atoms with Crippen LogP contribution in [0.1, 0.15) is 0 Å². The summed E-state index contributed by atoms with van der Waals surface area (Å²) in [6.07, 6.45) is 0. The molecule has 0 amide bonds. The summed E-state index contributed by atoms with van der Waals surface area (Å²) in [5.41, 5.74) is 3.03. The van der Waals surface area contributed by atoms with Gasteiger partial charge in [-0.25, -0.2) is 4.99 Å². The van der Waals surface area contributed by atoms with E-state index in [9.17, 15) is 0 Å². The molecule has 3 heteroatoms. The van der Waals surface area contributed by atoms with Crippen molar-refractivity contribution in [1.82, 2.24) is 0 Å². The minimum absolute atomic E-state index is 0.619. The van der Waals surface area contributed by atoms with Gasteiger partial charge in [-0.2, -0.15) is 0 Å². The van der Waals surface area contributed by atoms with Crippen molar-refractivity contribution in [2.45, 2.75) is 0 Å². The molecule has 0 saturated carbocycles. The third-order valence-electron chi connectivity index (χ3n) is 3.32. The summed E-state index contributed by atoms with van der Waals surface area (Å²) in [5.74, 6) is 0.867. The van der Waals surface area contributed by atoms with Gasteiger partial charge in [-0.05, 0) is 36.4 Å². The summed E-state index contributed by atoms with van der Waals surface area (Å²) in [4.78, 5) is 4.71. The second kappa shape index (κ2) is 7.80. The topological polar surface area (TPSA) is 36.4 Å². The lowest BCUT2D eigenvalue weighted by Crippen LogP contribution is -2.22. The molecule has 3 aromatic rings. The van der Waals surface area contributed by atoms with E-state index < -0.39 is 0 Å². The predicted octanol–water partition coefficient (Wildman–Crippen LogP) is 4.94. The average Bonchev–Trinajstić information content (AvgIpc) is 2.62. The first-order valence-corrected chi connectivity index (χ1v) is 7.64. The smallest absolute Gasteiger partial charge is 0.126 e. The summed E-state index contributed by atoms with van der Waals surface area (Å²) in [6, 6.07) is 30.2. The molecule has 0 atom stereocenters. The lowest BCUT2D eigenvalue weighted by molar-refractivity contribution is 1.34. The molecular formula is C20H19N3. The number of hydrogen-bond donors (Lipinski definition) is 2. The number of benzene rings is 3. The summed E-state index contributed by atoms with van der Waals surface area (Å²) < 4.78 is 0. The summed E-state index contributed by atoms with van der Waals surface area (Å²) in [5, 5.41) is 6.78. The van der Waals surface area contributed by atoms with Crippen molar-refractivity contribution < 1.29 is 0 Å². The zero-order chi connectivity index (χ0) is 15.7. The van der Waals surface area contributed by atoms with Crippen molar-refractivity contribution in [3.8, 4) is 0 Å². The lowest BCUT2D eigenvalue weighted by atomic mass is 10.3. The van der Waals surface area contributed by atoms with Gasteiger partial charge >= 0.3 is 0 Å². The highest BCUT2D eigenvalue weighted by Crippen LogP contribution is 2.13. The van der Waals surface area contributed by atoms with Gasteiger partial charge in [-0.3, -0.25) is 0 Å². The Morgan fingerprint density at radius 2 is 1.17 bits per heavy atom. The van der Waals surface area contributed by atoms with Gasteiger partial charge < -0.3 is 10.6 Å². The van der Waals surface area contributed by atoms with E-state index in [1.807, 2.05) is 91.0 Å². The quantitative estimate of drug-likeness (QED) is 0.517. The first-order valence-electron chi connectivity index (χ1n) is 7.64. The van der Waals surface area contributed by atoms with E-state index in [1.165, 1.54) is 0 Å². The number of amidine groups is 1. The van der Waals surface area contributed by atoms with E-state index in [0.29, 0.717) is 6.54 Å². The molecule has 0 aliphatic carbocycles. The van der Waals surface area contributed by atoms with Crippen LogP contribution in [0, 0.1) is 0 Å². The van der Waals surface area contributed by atoms with E-state index in [4.69, 9.17) is 4.99 Å². The molecule has 23 heavy (non-hydrogen) atoms. The SMILES string of the molecule is c1ccc(N=C(CNc2ccccc2)Nc2ccccc2)cc1. The largest absolute Gasteiger partial charge is 0.378 e. The normalized spacial score (nSPS) is 11.0. The van der Waals surface area contributed by atoms with Gasteiger partial charge in [-0.1, -0.05) is 54.6 Å². The van der Waals surface area contributed by atoms with E-state index in [0.717, 1.165) is 22.9 Å². The van der Waals surface area contributed by atoms with Gasteiger partial charge in [0.1, 0.15) is 5.84 Å². The average molecular weight is 301 g/mol. The second-order valence-electron chi connectivity index (χ2n) is 5.10. The third-order valence-corrected chi connectivity index (χ3v) is 3.32. The first-order chi connectivity index (χ1) is 11.4. The fraction of sp³-hybridized carbons (Fsp3) is 0.0500. The Kier molecular flexibility index (Phi) is 5.04. The Balaban J connectivity index is 1.77. The highest BCUT2D eigenvalue weighted by atomic mass is 15.0. The van der Waals surface area contributed by atoms with Gasteiger partial charge in [0.2, 0.25) is 0 Å². The van der Waals surface area contributed by atoms with Crippen LogP contribution in [0.15, 0.2) is 96.0 Å². The molecule has 3 aromatic carbocycles. The predicted molar refractivity (Wildman–Crippen MR) is 98.5 cm³/mol. The van der Waals surface area contributed by atoms with Crippen molar-refractivity contribution in [3.63, 3.8) is 0 Å². The molecule has 0 aliphatic rings. The monoisotopic (exact) mass is 301 g/mol. The van der Waals surface area contributed by atoms with Crippen molar-refractivity contribution in [3.05, 3.63) is 91.0 Å². The number of nitrogens with one attached hydrogen (secondary N) is 2. The van der Waals surface area contributed by atoms with Gasteiger partial charge in [0.15, 0.2) is 0 Å². The molecule has 0 radical (unpaired) electrons. The summed E-state index contributed by atoms with van der Waals surface area (Å²) in [6.45, 7) is 0.619. The number of rotatable bonds is 5. The minimum Gasteiger partial charge on any atom is -0.378 e. The molecular weight excluding hydrogens is 282 g/mol. The lowest BCUT2D eigenvalue weighted by Gasteiger charge is -2.12. The van der Waals surface area contributed by atoms with Crippen molar-refractivity contribution in [1.29, 1.82) is 0 Å². The molecule has 0 aromatic heterocycles. The van der Waals surface area contributed by atoms with Gasteiger partial charge in [0.05, 0.1) is 12.2 Å². The highest BCUT2D eigenvalue weighted by Gasteiger charge is 2.01. The maximum absolute atomic E-state index is 4.71. The number of nitrogens with zero attached hydrogens (tertiary/aromatic N) is 1. The van der Waals surface area contributed by atoms with Crippen LogP contribution in [0.2, 0.25) is 0 Å². The minimum atomic E-state index is 0.619. The van der Waals surface area contributed by atoms with E-state index >= 15 is 0 Å². The third kappa shape index (κ3) is 4.71. The molecule has 0 spiro atoms. The Morgan fingerprint density at radius 1 is 0.652 bits per heavy atom. The molecule has 3 rings (SSSR count).